The third-order valence-electron chi connectivity index (χ3n) is 3.60. The van der Waals surface area contributed by atoms with Crippen LogP contribution in [0.25, 0.3) is 0 Å². The Morgan fingerprint density at radius 2 is 1.96 bits per heavy atom. The Labute approximate surface area is 139 Å². The maximum absolute atomic E-state index is 11.6. The molecule has 0 aromatic heterocycles. The number of hydrogen-bond donors (Lipinski definition) is 1. The molecule has 0 aliphatic rings. The number of nitro benzene ring substituents is 1. The number of non-ortho nitro benzene ring substituents is 1. The van der Waals surface area contributed by atoms with Crippen molar-refractivity contribution < 1.29 is 19.2 Å². The third-order valence-corrected chi connectivity index (χ3v) is 3.60. The zero-order valence-corrected chi connectivity index (χ0v) is 13.7. The van der Waals surface area contributed by atoms with Gasteiger partial charge in [-0.1, -0.05) is 6.07 Å². The first kappa shape index (κ1) is 17.3. The van der Waals surface area contributed by atoms with Crippen LogP contribution in [0.3, 0.4) is 0 Å². The van der Waals surface area contributed by atoms with Crippen LogP contribution in [0.5, 0.6) is 5.75 Å². The van der Waals surface area contributed by atoms with Crippen LogP contribution in [-0.2, 0) is 11.3 Å². The van der Waals surface area contributed by atoms with E-state index in [1.807, 2.05) is 6.92 Å². The quantitative estimate of drug-likeness (QED) is 0.496. The lowest BCUT2D eigenvalue weighted by atomic mass is 10.1. The number of rotatable bonds is 6. The molecule has 0 fully saturated rings. The summed E-state index contributed by atoms with van der Waals surface area (Å²) >= 11 is 0. The Bertz CT molecular complexity index is 774. The molecule has 0 saturated carbocycles. The van der Waals surface area contributed by atoms with Crippen LogP contribution in [0, 0.1) is 17.0 Å². The van der Waals surface area contributed by atoms with Gasteiger partial charge in [-0.3, -0.25) is 10.1 Å². The number of methoxy groups -OCH3 is 2. The van der Waals surface area contributed by atoms with E-state index in [0.717, 1.165) is 11.3 Å². The minimum atomic E-state index is -0.452. The number of anilines is 1. The van der Waals surface area contributed by atoms with E-state index in [-0.39, 0.29) is 5.69 Å². The van der Waals surface area contributed by atoms with Crippen molar-refractivity contribution in [2.45, 2.75) is 13.5 Å². The fraction of sp³-hybridized carbons (Fsp3) is 0.235. The van der Waals surface area contributed by atoms with Gasteiger partial charge in [0.05, 0.1) is 24.7 Å². The summed E-state index contributed by atoms with van der Waals surface area (Å²) in [6, 6.07) is 9.59. The summed E-state index contributed by atoms with van der Waals surface area (Å²) in [6.45, 7) is 2.21. The molecule has 1 N–H and O–H groups in total. The molecule has 2 aromatic rings. The Hall–Kier alpha value is -3.09. The molecule has 0 aliphatic carbocycles. The minimum absolute atomic E-state index is 0.00682. The maximum atomic E-state index is 11.6. The molecular formula is C17H18N2O5. The number of hydrogen-bond acceptors (Lipinski definition) is 6. The highest BCUT2D eigenvalue weighted by Crippen LogP contribution is 2.26. The molecular weight excluding hydrogens is 312 g/mol. The number of ether oxygens (including phenoxy) is 2. The molecule has 126 valence electrons. The first-order valence-electron chi connectivity index (χ1n) is 7.20. The highest BCUT2D eigenvalue weighted by molar-refractivity contribution is 5.90. The average molecular weight is 330 g/mol. The topological polar surface area (TPSA) is 90.7 Å². The van der Waals surface area contributed by atoms with Gasteiger partial charge >= 0.3 is 5.97 Å². The fourth-order valence-electron chi connectivity index (χ4n) is 2.26. The first-order valence-corrected chi connectivity index (χ1v) is 7.20. The molecule has 0 saturated heterocycles. The number of carbonyl (C=O) groups is 1. The van der Waals surface area contributed by atoms with Gasteiger partial charge in [-0.15, -0.1) is 0 Å². The lowest BCUT2D eigenvalue weighted by Crippen LogP contribution is -2.06. The van der Waals surface area contributed by atoms with Crippen molar-refractivity contribution in [1.29, 1.82) is 0 Å². The van der Waals surface area contributed by atoms with Crippen LogP contribution >= 0.6 is 0 Å². The first-order chi connectivity index (χ1) is 11.5. The highest BCUT2D eigenvalue weighted by atomic mass is 16.6. The molecule has 0 bridgehead atoms. The van der Waals surface area contributed by atoms with E-state index in [9.17, 15) is 14.9 Å². The molecule has 0 radical (unpaired) electrons. The molecule has 0 amide bonds. The highest BCUT2D eigenvalue weighted by Gasteiger charge is 2.12. The predicted molar refractivity (Wildman–Crippen MR) is 89.5 cm³/mol. The van der Waals surface area contributed by atoms with E-state index >= 15 is 0 Å². The SMILES string of the molecule is COC(=O)c1ccc(C)c(NCc2cc([N+](=O)[O-])ccc2OC)c1. The van der Waals surface area contributed by atoms with Gasteiger partial charge in [-0.2, -0.15) is 0 Å². The Kier molecular flexibility index (Phi) is 5.36. The summed E-state index contributed by atoms with van der Waals surface area (Å²) in [6.07, 6.45) is 0. The lowest BCUT2D eigenvalue weighted by molar-refractivity contribution is -0.384. The number of nitrogens with one attached hydrogen (secondary N) is 1. The van der Waals surface area contributed by atoms with Crippen molar-refractivity contribution in [3.8, 4) is 5.75 Å². The number of nitrogens with zero attached hydrogens (tertiary/aromatic N) is 1. The summed E-state index contributed by atoms with van der Waals surface area (Å²) < 4.78 is 9.95. The average Bonchev–Trinajstić information content (AvgIpc) is 2.59. The number of benzene rings is 2. The van der Waals surface area contributed by atoms with Gasteiger partial charge in [-0.25, -0.2) is 4.79 Å². The maximum Gasteiger partial charge on any atom is 0.337 e. The van der Waals surface area contributed by atoms with Crippen LogP contribution in [0.1, 0.15) is 21.5 Å². The predicted octanol–water partition coefficient (Wildman–Crippen LogP) is 3.31. The van der Waals surface area contributed by atoms with Crippen molar-refractivity contribution in [3.05, 3.63) is 63.2 Å². The van der Waals surface area contributed by atoms with Crippen LogP contribution in [0.2, 0.25) is 0 Å². The van der Waals surface area contributed by atoms with Gasteiger partial charge in [0.15, 0.2) is 0 Å². The van der Waals surface area contributed by atoms with E-state index in [1.54, 1.807) is 24.3 Å². The minimum Gasteiger partial charge on any atom is -0.496 e. The summed E-state index contributed by atoms with van der Waals surface area (Å²) in [4.78, 5) is 22.1. The summed E-state index contributed by atoms with van der Waals surface area (Å²) in [7, 11) is 2.83. The van der Waals surface area contributed by atoms with Crippen LogP contribution in [0.4, 0.5) is 11.4 Å². The zero-order chi connectivity index (χ0) is 17.7. The van der Waals surface area contributed by atoms with Gasteiger partial charge in [-0.05, 0) is 30.7 Å². The van der Waals surface area contributed by atoms with Gasteiger partial charge in [0.25, 0.3) is 5.69 Å². The fourth-order valence-corrected chi connectivity index (χ4v) is 2.26. The van der Waals surface area contributed by atoms with Crippen molar-refractivity contribution in [1.82, 2.24) is 0 Å². The Balaban J connectivity index is 2.26. The smallest absolute Gasteiger partial charge is 0.337 e. The largest absolute Gasteiger partial charge is 0.496 e. The molecule has 0 heterocycles. The summed E-state index contributed by atoms with van der Waals surface area (Å²) in [5.74, 6) is 0.126. The Morgan fingerprint density at radius 1 is 1.21 bits per heavy atom. The second-order valence-corrected chi connectivity index (χ2v) is 5.13. The standard InChI is InChI=1S/C17H18N2O5/c1-11-4-5-12(17(20)24-3)9-15(11)18-10-13-8-14(19(21)22)6-7-16(13)23-2/h4-9,18H,10H2,1-3H3. The van der Waals surface area contributed by atoms with E-state index in [4.69, 9.17) is 9.47 Å². The number of carbonyl (C=O) groups excluding carboxylic acids is 1. The number of aryl methyl sites for hydroxylation is 1. The van der Waals surface area contributed by atoms with E-state index in [0.29, 0.717) is 23.4 Å². The zero-order valence-electron chi connectivity index (χ0n) is 13.7. The van der Waals surface area contributed by atoms with Crippen molar-refractivity contribution in [2.24, 2.45) is 0 Å². The summed E-state index contributed by atoms with van der Waals surface area (Å²) in [5, 5.41) is 14.1. The Morgan fingerprint density at radius 3 is 2.58 bits per heavy atom. The van der Waals surface area contributed by atoms with Crippen LogP contribution in [-0.4, -0.2) is 25.1 Å². The molecule has 24 heavy (non-hydrogen) atoms. The van der Waals surface area contributed by atoms with Gasteiger partial charge in [0.1, 0.15) is 5.75 Å². The molecule has 2 rings (SSSR count). The number of esters is 1. The third kappa shape index (κ3) is 3.81. The van der Waals surface area contributed by atoms with Crippen molar-refractivity contribution >= 4 is 17.3 Å². The van der Waals surface area contributed by atoms with Crippen LogP contribution < -0.4 is 10.1 Å². The lowest BCUT2D eigenvalue weighted by Gasteiger charge is -2.13. The van der Waals surface area contributed by atoms with Gasteiger partial charge in [0.2, 0.25) is 0 Å². The molecule has 7 heteroatoms. The monoisotopic (exact) mass is 330 g/mol. The number of nitro groups is 1. The van der Waals surface area contributed by atoms with E-state index in [2.05, 4.69) is 5.32 Å². The summed E-state index contributed by atoms with van der Waals surface area (Å²) in [5.41, 5.74) is 2.75. The van der Waals surface area contributed by atoms with Crippen molar-refractivity contribution in [2.75, 3.05) is 19.5 Å². The van der Waals surface area contributed by atoms with Gasteiger partial charge < -0.3 is 14.8 Å². The molecule has 0 unspecified atom stereocenters. The van der Waals surface area contributed by atoms with E-state index in [1.165, 1.54) is 26.4 Å². The van der Waals surface area contributed by atoms with E-state index < -0.39 is 10.9 Å². The second-order valence-electron chi connectivity index (χ2n) is 5.13. The molecule has 0 spiro atoms. The molecule has 2 aromatic carbocycles. The van der Waals surface area contributed by atoms with Gasteiger partial charge in [0, 0.05) is 29.9 Å². The molecule has 0 atom stereocenters. The van der Waals surface area contributed by atoms with Crippen molar-refractivity contribution in [3.63, 3.8) is 0 Å². The normalized spacial score (nSPS) is 10.1. The molecule has 0 aliphatic heterocycles. The second kappa shape index (κ2) is 7.45. The van der Waals surface area contributed by atoms with Crippen LogP contribution in [0.15, 0.2) is 36.4 Å². The molecule has 7 nitrogen and oxygen atoms in total.